The Labute approximate surface area is 123 Å². The van der Waals surface area contributed by atoms with Crippen LogP contribution in [0.15, 0.2) is 5.38 Å². The van der Waals surface area contributed by atoms with Crippen molar-refractivity contribution >= 4 is 22.9 Å². The zero-order valence-corrected chi connectivity index (χ0v) is 12.7. The molecular formula is C14H21ClN2OS. The van der Waals surface area contributed by atoms with Gasteiger partial charge in [-0.05, 0) is 38.6 Å². The minimum absolute atomic E-state index is 0.0565. The van der Waals surface area contributed by atoms with Crippen LogP contribution in [-0.4, -0.2) is 39.7 Å². The molecule has 0 aliphatic carbocycles. The highest BCUT2D eigenvalue weighted by Gasteiger charge is 2.39. The van der Waals surface area contributed by atoms with Gasteiger partial charge in [0.25, 0.3) is 0 Å². The van der Waals surface area contributed by atoms with E-state index in [-0.39, 0.29) is 6.10 Å². The number of thiazole rings is 1. The smallest absolute Gasteiger partial charge is 0.0929 e. The van der Waals surface area contributed by atoms with Crippen LogP contribution in [0.25, 0.3) is 0 Å². The zero-order chi connectivity index (χ0) is 13.2. The molecule has 19 heavy (non-hydrogen) atoms. The maximum atomic E-state index is 9.79. The normalized spacial score (nSPS) is 30.9. The third-order valence-corrected chi connectivity index (χ3v) is 5.63. The molecule has 2 atom stereocenters. The number of alkyl halides is 1. The van der Waals surface area contributed by atoms with Crippen molar-refractivity contribution in [2.24, 2.45) is 0 Å². The number of aromatic nitrogens is 1. The van der Waals surface area contributed by atoms with E-state index in [1.54, 1.807) is 11.3 Å². The first-order valence-electron chi connectivity index (χ1n) is 7.19. The van der Waals surface area contributed by atoms with Crippen LogP contribution in [0.1, 0.15) is 42.8 Å². The van der Waals surface area contributed by atoms with Crippen LogP contribution in [0.2, 0.25) is 0 Å². The molecule has 106 valence electrons. The molecule has 0 spiro atoms. The van der Waals surface area contributed by atoms with Gasteiger partial charge in [0.2, 0.25) is 0 Å². The quantitative estimate of drug-likeness (QED) is 0.850. The van der Waals surface area contributed by atoms with Gasteiger partial charge in [-0.3, -0.25) is 4.90 Å². The van der Waals surface area contributed by atoms with Gasteiger partial charge in [0.1, 0.15) is 0 Å². The summed E-state index contributed by atoms with van der Waals surface area (Å²) in [4.78, 5) is 7.13. The van der Waals surface area contributed by atoms with Gasteiger partial charge >= 0.3 is 0 Å². The summed E-state index contributed by atoms with van der Waals surface area (Å²) in [6.45, 7) is 1.15. The Bertz CT molecular complexity index is 411. The molecule has 0 aromatic carbocycles. The number of aliphatic hydroxyl groups excluding tert-OH is 1. The molecule has 0 radical (unpaired) electrons. The van der Waals surface area contributed by atoms with Crippen LogP contribution in [-0.2, 0) is 12.3 Å². The first-order chi connectivity index (χ1) is 9.26. The van der Waals surface area contributed by atoms with Crippen molar-refractivity contribution in [1.29, 1.82) is 0 Å². The first kappa shape index (κ1) is 13.8. The summed E-state index contributed by atoms with van der Waals surface area (Å²) in [5, 5.41) is 13.1. The number of hydrogen-bond acceptors (Lipinski definition) is 4. The summed E-state index contributed by atoms with van der Waals surface area (Å²) >= 11 is 7.49. The minimum Gasteiger partial charge on any atom is -0.393 e. The van der Waals surface area contributed by atoms with Gasteiger partial charge in [-0.2, -0.15) is 0 Å². The van der Waals surface area contributed by atoms with E-state index in [0.29, 0.717) is 18.0 Å². The third-order valence-electron chi connectivity index (χ3n) is 4.40. The Morgan fingerprint density at radius 1 is 1.37 bits per heavy atom. The fraction of sp³-hybridized carbons (Fsp3) is 0.786. The van der Waals surface area contributed by atoms with E-state index < -0.39 is 0 Å². The molecular weight excluding hydrogens is 280 g/mol. The minimum atomic E-state index is -0.0565. The second kappa shape index (κ2) is 6.08. The predicted molar refractivity (Wildman–Crippen MR) is 78.7 cm³/mol. The summed E-state index contributed by atoms with van der Waals surface area (Å²) in [5.74, 6) is 0.519. The van der Waals surface area contributed by atoms with E-state index in [0.717, 1.165) is 31.5 Å². The molecule has 3 rings (SSSR count). The molecule has 0 saturated carbocycles. The second-order valence-corrected chi connectivity index (χ2v) is 6.93. The second-order valence-electron chi connectivity index (χ2n) is 5.72. The summed E-state index contributed by atoms with van der Waals surface area (Å²) in [7, 11) is 0. The predicted octanol–water partition coefficient (Wildman–Crippen LogP) is 2.80. The summed E-state index contributed by atoms with van der Waals surface area (Å²) in [6, 6.07) is 1.26. The van der Waals surface area contributed by atoms with Crippen molar-refractivity contribution in [2.75, 3.05) is 6.54 Å². The van der Waals surface area contributed by atoms with E-state index in [4.69, 9.17) is 11.6 Å². The van der Waals surface area contributed by atoms with Crippen LogP contribution in [0.4, 0.5) is 0 Å². The lowest BCUT2D eigenvalue weighted by Gasteiger charge is -2.37. The van der Waals surface area contributed by atoms with E-state index in [1.165, 1.54) is 24.3 Å². The highest BCUT2D eigenvalue weighted by Crippen LogP contribution is 2.35. The Balaban J connectivity index is 1.48. The Hall–Kier alpha value is -0.160. The first-order valence-corrected chi connectivity index (χ1v) is 8.60. The average Bonchev–Trinajstić information content (AvgIpc) is 2.94. The highest BCUT2D eigenvalue weighted by molar-refractivity contribution is 7.09. The van der Waals surface area contributed by atoms with Crippen LogP contribution < -0.4 is 0 Å². The lowest BCUT2D eigenvalue weighted by atomic mass is 9.99. The van der Waals surface area contributed by atoms with Gasteiger partial charge in [0.15, 0.2) is 0 Å². The molecule has 1 aromatic rings. The molecule has 2 aliphatic heterocycles. The maximum Gasteiger partial charge on any atom is 0.0929 e. The lowest BCUT2D eigenvalue weighted by molar-refractivity contribution is 0.0350. The van der Waals surface area contributed by atoms with Crippen LogP contribution in [0.5, 0.6) is 0 Å². The number of aliphatic hydroxyl groups is 1. The molecule has 2 unspecified atom stereocenters. The number of aryl methyl sites for hydroxylation is 1. The van der Waals surface area contributed by atoms with Crippen LogP contribution in [0, 0.1) is 0 Å². The third kappa shape index (κ3) is 3.13. The van der Waals surface area contributed by atoms with Crippen molar-refractivity contribution in [2.45, 2.75) is 62.6 Å². The Morgan fingerprint density at radius 2 is 2.11 bits per heavy atom. The number of nitrogens with zero attached hydrogens (tertiary/aromatic N) is 2. The van der Waals surface area contributed by atoms with E-state index in [1.807, 2.05) is 0 Å². The van der Waals surface area contributed by atoms with Crippen molar-refractivity contribution in [3.63, 3.8) is 0 Å². The number of piperidine rings is 1. The van der Waals surface area contributed by atoms with Gasteiger partial charge in [0, 0.05) is 23.9 Å². The van der Waals surface area contributed by atoms with Gasteiger partial charge in [-0.1, -0.05) is 0 Å². The van der Waals surface area contributed by atoms with E-state index >= 15 is 0 Å². The molecule has 2 saturated heterocycles. The Morgan fingerprint density at radius 3 is 2.74 bits per heavy atom. The molecule has 3 heterocycles. The molecule has 2 aliphatic rings. The molecule has 2 fully saturated rings. The number of fused-ring (bicyclic) bond motifs is 2. The number of rotatable bonds is 5. The lowest BCUT2D eigenvalue weighted by Crippen LogP contribution is -2.45. The van der Waals surface area contributed by atoms with Crippen molar-refractivity contribution in [3.05, 3.63) is 16.1 Å². The topological polar surface area (TPSA) is 36.4 Å². The fourth-order valence-corrected chi connectivity index (χ4v) is 4.62. The molecule has 2 bridgehead atoms. The monoisotopic (exact) mass is 300 g/mol. The van der Waals surface area contributed by atoms with E-state index in [2.05, 4.69) is 15.3 Å². The van der Waals surface area contributed by atoms with Gasteiger partial charge in [-0.15, -0.1) is 22.9 Å². The van der Waals surface area contributed by atoms with Crippen LogP contribution >= 0.6 is 22.9 Å². The standard InChI is InChI=1S/C14H21ClN2OS/c15-8-10-9-19-14(16-10)2-1-5-17-11-3-4-12(17)7-13(18)6-11/h9,11-13,18H,1-8H2. The Kier molecular flexibility index (Phi) is 4.42. The largest absolute Gasteiger partial charge is 0.393 e. The van der Waals surface area contributed by atoms with Crippen molar-refractivity contribution < 1.29 is 5.11 Å². The van der Waals surface area contributed by atoms with Crippen LogP contribution in [0.3, 0.4) is 0 Å². The summed E-state index contributed by atoms with van der Waals surface area (Å²) in [6.07, 6.45) is 6.66. The molecule has 0 amide bonds. The summed E-state index contributed by atoms with van der Waals surface area (Å²) < 4.78 is 0. The molecule has 3 nitrogen and oxygen atoms in total. The molecule has 1 N–H and O–H groups in total. The average molecular weight is 301 g/mol. The van der Waals surface area contributed by atoms with Gasteiger partial charge in [0.05, 0.1) is 22.7 Å². The molecule has 5 heteroatoms. The number of halogens is 1. The van der Waals surface area contributed by atoms with E-state index in [9.17, 15) is 5.11 Å². The van der Waals surface area contributed by atoms with Crippen molar-refractivity contribution in [3.8, 4) is 0 Å². The van der Waals surface area contributed by atoms with Gasteiger partial charge in [-0.25, -0.2) is 4.98 Å². The zero-order valence-electron chi connectivity index (χ0n) is 11.1. The fourth-order valence-electron chi connectivity index (χ4n) is 3.55. The van der Waals surface area contributed by atoms with Gasteiger partial charge < -0.3 is 5.11 Å². The van der Waals surface area contributed by atoms with Crippen molar-refractivity contribution in [1.82, 2.24) is 9.88 Å². The number of hydrogen-bond donors (Lipinski definition) is 1. The summed E-state index contributed by atoms with van der Waals surface area (Å²) in [5.41, 5.74) is 1.00. The molecule has 1 aromatic heterocycles. The maximum absolute atomic E-state index is 9.79. The SMILES string of the molecule is OC1CC2CCC(C1)N2CCCc1nc(CCl)cs1. The highest BCUT2D eigenvalue weighted by atomic mass is 35.5.